The highest BCUT2D eigenvalue weighted by Gasteiger charge is 2.17. The SMILES string of the molecule is COCCOCC(=O)N[C@H](C)c1cnn(-c2cccc3ccccc23)c1C. The predicted molar refractivity (Wildman–Crippen MR) is 105 cm³/mol. The Morgan fingerprint density at radius 1 is 1.19 bits per heavy atom. The molecule has 0 saturated carbocycles. The summed E-state index contributed by atoms with van der Waals surface area (Å²) in [6.07, 6.45) is 1.81. The van der Waals surface area contributed by atoms with Gasteiger partial charge in [0.05, 0.1) is 31.1 Å². The van der Waals surface area contributed by atoms with Gasteiger partial charge < -0.3 is 14.8 Å². The van der Waals surface area contributed by atoms with Crippen molar-refractivity contribution in [3.63, 3.8) is 0 Å². The molecule has 27 heavy (non-hydrogen) atoms. The van der Waals surface area contributed by atoms with Gasteiger partial charge in [0.15, 0.2) is 0 Å². The predicted octanol–water partition coefficient (Wildman–Crippen LogP) is 3.17. The molecule has 0 bridgehead atoms. The second-order valence-electron chi connectivity index (χ2n) is 6.43. The van der Waals surface area contributed by atoms with Crippen LogP contribution < -0.4 is 5.32 Å². The van der Waals surface area contributed by atoms with Gasteiger partial charge in [-0.2, -0.15) is 5.10 Å². The minimum Gasteiger partial charge on any atom is -0.382 e. The number of nitrogens with one attached hydrogen (secondary N) is 1. The largest absolute Gasteiger partial charge is 0.382 e. The van der Waals surface area contributed by atoms with Crippen LogP contribution in [0.5, 0.6) is 0 Å². The van der Waals surface area contributed by atoms with Crippen LogP contribution in [0, 0.1) is 6.92 Å². The van der Waals surface area contributed by atoms with Gasteiger partial charge in [-0.1, -0.05) is 36.4 Å². The van der Waals surface area contributed by atoms with Crippen LogP contribution >= 0.6 is 0 Å². The van der Waals surface area contributed by atoms with Crippen molar-refractivity contribution in [3.05, 3.63) is 59.9 Å². The molecule has 1 aromatic heterocycles. The number of aromatic nitrogens is 2. The number of fused-ring (bicyclic) bond motifs is 1. The van der Waals surface area contributed by atoms with Crippen LogP contribution in [0.15, 0.2) is 48.7 Å². The number of carbonyl (C=O) groups excluding carboxylic acids is 1. The standard InChI is InChI=1S/C21H25N3O3/c1-15(23-21(25)14-27-12-11-26-3)19-13-22-24(16(19)2)20-10-6-8-17-7-4-5-9-18(17)20/h4-10,13,15H,11-12,14H2,1-3H3,(H,23,25)/t15-/m1/s1. The van der Waals surface area contributed by atoms with Crippen LogP contribution in [0.2, 0.25) is 0 Å². The lowest BCUT2D eigenvalue weighted by atomic mass is 10.1. The van der Waals surface area contributed by atoms with Crippen LogP contribution in [0.1, 0.15) is 24.2 Å². The lowest BCUT2D eigenvalue weighted by Crippen LogP contribution is -2.30. The van der Waals surface area contributed by atoms with Gasteiger partial charge in [0.2, 0.25) is 5.91 Å². The zero-order valence-corrected chi connectivity index (χ0v) is 15.9. The highest BCUT2D eigenvalue weighted by atomic mass is 16.5. The molecule has 0 aliphatic carbocycles. The molecule has 1 atom stereocenters. The first-order valence-corrected chi connectivity index (χ1v) is 9.00. The van der Waals surface area contributed by atoms with Crippen LogP contribution in [0.4, 0.5) is 0 Å². The summed E-state index contributed by atoms with van der Waals surface area (Å²) in [4.78, 5) is 12.0. The highest BCUT2D eigenvalue weighted by molar-refractivity contribution is 5.90. The molecule has 142 valence electrons. The van der Waals surface area contributed by atoms with Crippen LogP contribution in [-0.4, -0.2) is 42.6 Å². The molecule has 0 aliphatic heterocycles. The summed E-state index contributed by atoms with van der Waals surface area (Å²) in [5, 5.41) is 9.83. The lowest BCUT2D eigenvalue weighted by molar-refractivity contribution is -0.126. The molecule has 6 heteroatoms. The molecule has 0 saturated heterocycles. The number of hydrogen-bond acceptors (Lipinski definition) is 4. The first-order valence-electron chi connectivity index (χ1n) is 9.00. The molecule has 0 unspecified atom stereocenters. The number of nitrogens with zero attached hydrogens (tertiary/aromatic N) is 2. The van der Waals surface area contributed by atoms with E-state index < -0.39 is 0 Å². The van der Waals surface area contributed by atoms with E-state index in [1.807, 2.05) is 42.9 Å². The number of hydrogen-bond donors (Lipinski definition) is 1. The van der Waals surface area contributed by atoms with Crippen LogP contribution in [-0.2, 0) is 14.3 Å². The quantitative estimate of drug-likeness (QED) is 0.621. The normalized spacial score (nSPS) is 12.3. The van der Waals surface area contributed by atoms with Crippen molar-refractivity contribution in [1.29, 1.82) is 0 Å². The number of carbonyl (C=O) groups is 1. The summed E-state index contributed by atoms with van der Waals surface area (Å²) in [6.45, 7) is 4.85. The van der Waals surface area contributed by atoms with Gasteiger partial charge >= 0.3 is 0 Å². The Kier molecular flexibility index (Phi) is 6.21. The fourth-order valence-electron chi connectivity index (χ4n) is 3.15. The van der Waals surface area contributed by atoms with E-state index in [4.69, 9.17) is 9.47 Å². The van der Waals surface area contributed by atoms with Crippen molar-refractivity contribution in [2.75, 3.05) is 26.9 Å². The average molecular weight is 367 g/mol. The third-order valence-corrected chi connectivity index (χ3v) is 4.55. The molecule has 1 heterocycles. The molecule has 0 spiro atoms. The number of ether oxygens (including phenoxy) is 2. The summed E-state index contributed by atoms with van der Waals surface area (Å²) < 4.78 is 12.1. The lowest BCUT2D eigenvalue weighted by Gasteiger charge is -2.15. The van der Waals surface area contributed by atoms with Gasteiger partial charge in [-0.25, -0.2) is 4.68 Å². The Morgan fingerprint density at radius 2 is 1.96 bits per heavy atom. The monoisotopic (exact) mass is 367 g/mol. The third-order valence-electron chi connectivity index (χ3n) is 4.55. The second-order valence-corrected chi connectivity index (χ2v) is 6.43. The summed E-state index contributed by atoms with van der Waals surface area (Å²) in [6, 6.07) is 14.2. The number of amides is 1. The van der Waals surface area contributed by atoms with Crippen LogP contribution in [0.3, 0.4) is 0 Å². The Labute approximate surface area is 159 Å². The molecule has 1 amide bonds. The Morgan fingerprint density at radius 3 is 2.78 bits per heavy atom. The molecule has 0 aliphatic rings. The van der Waals surface area contributed by atoms with E-state index in [-0.39, 0.29) is 18.6 Å². The van der Waals surface area contributed by atoms with Crippen molar-refractivity contribution in [2.45, 2.75) is 19.9 Å². The smallest absolute Gasteiger partial charge is 0.246 e. The summed E-state index contributed by atoms with van der Waals surface area (Å²) >= 11 is 0. The summed E-state index contributed by atoms with van der Waals surface area (Å²) in [5.74, 6) is -0.157. The fraction of sp³-hybridized carbons (Fsp3) is 0.333. The minimum atomic E-state index is -0.160. The first kappa shape index (κ1) is 19.1. The molecular formula is C21H25N3O3. The van der Waals surface area contributed by atoms with Gasteiger partial charge in [-0.05, 0) is 25.3 Å². The van der Waals surface area contributed by atoms with E-state index in [9.17, 15) is 4.79 Å². The van der Waals surface area contributed by atoms with Crippen molar-refractivity contribution in [2.24, 2.45) is 0 Å². The summed E-state index contributed by atoms with van der Waals surface area (Å²) in [5.41, 5.74) is 3.01. The fourth-order valence-corrected chi connectivity index (χ4v) is 3.15. The van der Waals surface area contributed by atoms with E-state index in [1.165, 1.54) is 5.39 Å². The van der Waals surface area contributed by atoms with Crippen molar-refractivity contribution in [1.82, 2.24) is 15.1 Å². The number of benzene rings is 2. The molecule has 3 aromatic rings. The first-order chi connectivity index (χ1) is 13.1. The van der Waals surface area contributed by atoms with E-state index in [1.54, 1.807) is 7.11 Å². The van der Waals surface area contributed by atoms with Gasteiger partial charge in [-0.3, -0.25) is 4.79 Å². The average Bonchev–Trinajstić information content (AvgIpc) is 3.06. The van der Waals surface area contributed by atoms with Gasteiger partial charge in [0.1, 0.15) is 6.61 Å². The second kappa shape index (κ2) is 8.79. The number of methoxy groups -OCH3 is 1. The molecule has 2 aromatic carbocycles. The third kappa shape index (κ3) is 4.35. The number of rotatable bonds is 8. The topological polar surface area (TPSA) is 65.4 Å². The van der Waals surface area contributed by atoms with Gasteiger partial charge in [-0.15, -0.1) is 0 Å². The van der Waals surface area contributed by atoms with Gasteiger partial charge in [0.25, 0.3) is 0 Å². The van der Waals surface area contributed by atoms with E-state index in [0.29, 0.717) is 13.2 Å². The molecule has 3 rings (SSSR count). The Balaban J connectivity index is 1.76. The Bertz CT molecular complexity index is 915. The maximum absolute atomic E-state index is 12.0. The van der Waals surface area contributed by atoms with E-state index >= 15 is 0 Å². The maximum Gasteiger partial charge on any atom is 0.246 e. The highest BCUT2D eigenvalue weighted by Crippen LogP contribution is 2.25. The van der Waals surface area contributed by atoms with Crippen molar-refractivity contribution < 1.29 is 14.3 Å². The minimum absolute atomic E-state index is 0.0181. The molecule has 0 fully saturated rings. The van der Waals surface area contributed by atoms with E-state index in [0.717, 1.165) is 22.3 Å². The maximum atomic E-state index is 12.0. The molecular weight excluding hydrogens is 342 g/mol. The Hall–Kier alpha value is -2.70. The van der Waals surface area contributed by atoms with Gasteiger partial charge in [0, 0.05) is 23.8 Å². The molecule has 1 N–H and O–H groups in total. The van der Waals surface area contributed by atoms with Crippen LogP contribution in [0.25, 0.3) is 16.5 Å². The zero-order chi connectivity index (χ0) is 19.2. The zero-order valence-electron chi connectivity index (χ0n) is 15.9. The molecule has 6 nitrogen and oxygen atoms in total. The molecule has 0 radical (unpaired) electrons. The van der Waals surface area contributed by atoms with Crippen molar-refractivity contribution in [3.8, 4) is 5.69 Å². The van der Waals surface area contributed by atoms with Crippen molar-refractivity contribution >= 4 is 16.7 Å². The van der Waals surface area contributed by atoms with E-state index in [2.05, 4.69) is 34.7 Å². The summed E-state index contributed by atoms with van der Waals surface area (Å²) in [7, 11) is 1.60.